The summed E-state index contributed by atoms with van der Waals surface area (Å²) in [5.74, 6) is 1.03. The van der Waals surface area contributed by atoms with Crippen LogP contribution in [0.5, 0.6) is 0 Å². The molecule has 0 radical (unpaired) electrons. The van der Waals surface area contributed by atoms with Gasteiger partial charge in [0, 0.05) is 24.4 Å². The number of amides is 2. The van der Waals surface area contributed by atoms with Crippen LogP contribution in [0.2, 0.25) is 0 Å². The van der Waals surface area contributed by atoms with Crippen molar-refractivity contribution in [1.29, 1.82) is 0 Å². The smallest absolute Gasteiger partial charge is 0.251 e. The van der Waals surface area contributed by atoms with Crippen molar-refractivity contribution in [3.05, 3.63) is 108 Å². The minimum absolute atomic E-state index is 0.0183. The van der Waals surface area contributed by atoms with Gasteiger partial charge >= 0.3 is 0 Å². The molecule has 1 aliphatic heterocycles. The molecule has 0 saturated carbocycles. The maximum atomic E-state index is 12.9. The van der Waals surface area contributed by atoms with E-state index >= 15 is 0 Å². The van der Waals surface area contributed by atoms with Crippen molar-refractivity contribution in [1.82, 2.24) is 20.6 Å². The number of aryl methyl sites for hydroxylation is 1. The zero-order valence-corrected chi connectivity index (χ0v) is 22.1. The minimum Gasteiger partial charge on any atom is -0.399 e. The predicted molar refractivity (Wildman–Crippen MR) is 153 cm³/mol. The molecule has 1 saturated heterocycles. The summed E-state index contributed by atoms with van der Waals surface area (Å²) in [5.41, 5.74) is 10.9. The van der Waals surface area contributed by atoms with Gasteiger partial charge in [-0.15, -0.1) is 0 Å². The Morgan fingerprint density at radius 3 is 2.26 bits per heavy atom. The SMILES string of the molecule is CNC(=O)[C@@H]1CC[C@H](c2ccccc2)N1c1cc(CNC(=O)c2ccc(-c3ccc(N)cc3)cc2)nc(C)n1. The molecule has 2 amide bonds. The standard InChI is InChI=1S/C31H32N6O2/c1-20-35-26(19-34-30(38)24-10-8-21(9-11-24)22-12-14-25(32)15-13-22)18-29(36-20)37-27(23-6-4-3-5-7-23)16-17-28(37)31(39)33-2/h3-15,18,27-28H,16-17,19,32H2,1-2H3,(H,33,39)(H,34,38)/t27-,28+/m1/s1. The number of hydrogen-bond acceptors (Lipinski definition) is 6. The number of carbonyl (C=O) groups excluding carboxylic acids is 2. The fraction of sp³-hybridized carbons (Fsp3) is 0.226. The molecule has 3 aromatic carbocycles. The van der Waals surface area contributed by atoms with Gasteiger partial charge in [0.2, 0.25) is 5.91 Å². The molecule has 0 aliphatic carbocycles. The zero-order chi connectivity index (χ0) is 27.4. The van der Waals surface area contributed by atoms with E-state index in [0.717, 1.165) is 29.5 Å². The van der Waals surface area contributed by atoms with Gasteiger partial charge in [0.1, 0.15) is 17.7 Å². The lowest BCUT2D eigenvalue weighted by molar-refractivity contribution is -0.121. The Morgan fingerprint density at radius 2 is 1.59 bits per heavy atom. The Bertz CT molecular complexity index is 1460. The Hall–Kier alpha value is -4.72. The van der Waals surface area contributed by atoms with Crippen molar-refractivity contribution in [3.63, 3.8) is 0 Å². The van der Waals surface area contributed by atoms with Crippen LogP contribution in [-0.2, 0) is 11.3 Å². The van der Waals surface area contributed by atoms with Crippen LogP contribution in [0.15, 0.2) is 84.9 Å². The lowest BCUT2D eigenvalue weighted by Crippen LogP contribution is -2.43. The molecule has 1 aliphatic rings. The largest absolute Gasteiger partial charge is 0.399 e. The quantitative estimate of drug-likeness (QED) is 0.311. The molecule has 4 aromatic rings. The van der Waals surface area contributed by atoms with E-state index in [1.807, 2.05) is 67.6 Å². The lowest BCUT2D eigenvalue weighted by atomic mass is 10.0. The first kappa shape index (κ1) is 25.9. The Kier molecular flexibility index (Phi) is 7.54. The number of rotatable bonds is 7. The van der Waals surface area contributed by atoms with Crippen molar-refractivity contribution >= 4 is 23.3 Å². The first-order valence-corrected chi connectivity index (χ1v) is 13.1. The normalized spacial score (nSPS) is 16.6. The summed E-state index contributed by atoms with van der Waals surface area (Å²) in [6, 6.07) is 26.8. The number of aromatic nitrogens is 2. The van der Waals surface area contributed by atoms with E-state index in [1.165, 1.54) is 0 Å². The summed E-state index contributed by atoms with van der Waals surface area (Å²) >= 11 is 0. The summed E-state index contributed by atoms with van der Waals surface area (Å²) in [7, 11) is 1.66. The molecular weight excluding hydrogens is 488 g/mol. The first-order chi connectivity index (χ1) is 18.9. The molecule has 2 atom stereocenters. The molecule has 4 N–H and O–H groups in total. The number of carbonyl (C=O) groups is 2. The van der Waals surface area contributed by atoms with Gasteiger partial charge in [0.15, 0.2) is 0 Å². The maximum absolute atomic E-state index is 12.9. The third kappa shape index (κ3) is 5.75. The Balaban J connectivity index is 1.33. The first-order valence-electron chi connectivity index (χ1n) is 13.1. The van der Waals surface area contributed by atoms with Gasteiger partial charge in [-0.1, -0.05) is 54.6 Å². The van der Waals surface area contributed by atoms with Crippen LogP contribution in [0.25, 0.3) is 11.1 Å². The Morgan fingerprint density at radius 1 is 0.923 bits per heavy atom. The summed E-state index contributed by atoms with van der Waals surface area (Å²) in [6.45, 7) is 2.07. The summed E-state index contributed by atoms with van der Waals surface area (Å²) in [6.07, 6.45) is 1.56. The highest BCUT2D eigenvalue weighted by molar-refractivity contribution is 5.94. The molecule has 39 heavy (non-hydrogen) atoms. The summed E-state index contributed by atoms with van der Waals surface area (Å²) < 4.78 is 0. The van der Waals surface area contributed by atoms with E-state index < -0.39 is 0 Å². The second kappa shape index (κ2) is 11.3. The average Bonchev–Trinajstić information content (AvgIpc) is 3.42. The van der Waals surface area contributed by atoms with Crippen molar-refractivity contribution in [3.8, 4) is 11.1 Å². The van der Waals surface area contributed by atoms with E-state index in [1.54, 1.807) is 19.2 Å². The number of nitrogen functional groups attached to an aromatic ring is 1. The summed E-state index contributed by atoms with van der Waals surface area (Å²) in [5, 5.41) is 5.77. The highest BCUT2D eigenvalue weighted by Crippen LogP contribution is 2.39. The number of hydrogen-bond donors (Lipinski definition) is 3. The molecule has 8 nitrogen and oxygen atoms in total. The van der Waals surface area contributed by atoms with Crippen molar-refractivity contribution in [2.75, 3.05) is 17.7 Å². The number of benzene rings is 3. The maximum Gasteiger partial charge on any atom is 0.251 e. The molecule has 8 heteroatoms. The van der Waals surface area contributed by atoms with Gasteiger partial charge in [-0.2, -0.15) is 0 Å². The van der Waals surface area contributed by atoms with Crippen LogP contribution in [0.4, 0.5) is 11.5 Å². The zero-order valence-electron chi connectivity index (χ0n) is 22.1. The second-order valence-corrected chi connectivity index (χ2v) is 9.69. The molecule has 1 aromatic heterocycles. The van der Waals surface area contributed by atoms with Crippen molar-refractivity contribution in [2.45, 2.75) is 38.4 Å². The predicted octanol–water partition coefficient (Wildman–Crippen LogP) is 4.42. The van der Waals surface area contributed by atoms with E-state index in [9.17, 15) is 9.59 Å². The highest BCUT2D eigenvalue weighted by Gasteiger charge is 2.39. The van der Waals surface area contributed by atoms with Crippen LogP contribution in [0, 0.1) is 6.92 Å². The molecule has 5 rings (SSSR count). The van der Waals surface area contributed by atoms with Crippen LogP contribution in [0.3, 0.4) is 0 Å². The van der Waals surface area contributed by atoms with E-state index in [0.29, 0.717) is 28.6 Å². The third-order valence-corrected chi connectivity index (χ3v) is 7.08. The summed E-state index contributed by atoms with van der Waals surface area (Å²) in [4.78, 5) is 37.1. The monoisotopic (exact) mass is 520 g/mol. The van der Waals surface area contributed by atoms with Crippen molar-refractivity contribution < 1.29 is 9.59 Å². The number of nitrogens with two attached hydrogens (primary N) is 1. The highest BCUT2D eigenvalue weighted by atomic mass is 16.2. The van der Waals surface area contributed by atoms with E-state index in [4.69, 9.17) is 10.7 Å². The van der Waals surface area contributed by atoms with Gasteiger partial charge in [0.05, 0.1) is 18.3 Å². The van der Waals surface area contributed by atoms with Crippen molar-refractivity contribution in [2.24, 2.45) is 0 Å². The molecule has 0 spiro atoms. The molecule has 198 valence electrons. The number of nitrogens with one attached hydrogen (secondary N) is 2. The van der Waals surface area contributed by atoms with Crippen LogP contribution in [0.1, 0.15) is 46.3 Å². The van der Waals surface area contributed by atoms with Gasteiger partial charge in [-0.25, -0.2) is 9.97 Å². The minimum atomic E-state index is -0.337. The second-order valence-electron chi connectivity index (χ2n) is 9.69. The van der Waals surface area contributed by atoms with Gasteiger partial charge < -0.3 is 21.3 Å². The lowest BCUT2D eigenvalue weighted by Gasteiger charge is -2.31. The molecule has 1 fully saturated rings. The number of likely N-dealkylation sites (N-methyl/N-ethyl adjacent to an activating group) is 1. The Labute approximate surface area is 228 Å². The van der Waals surface area contributed by atoms with Gasteiger partial charge in [0.25, 0.3) is 5.91 Å². The van der Waals surface area contributed by atoms with Crippen LogP contribution < -0.4 is 21.3 Å². The van der Waals surface area contributed by atoms with Crippen LogP contribution >= 0.6 is 0 Å². The molecule has 0 bridgehead atoms. The topological polar surface area (TPSA) is 113 Å². The van der Waals surface area contributed by atoms with Gasteiger partial charge in [-0.05, 0) is 60.7 Å². The number of nitrogens with zero attached hydrogens (tertiary/aromatic N) is 3. The fourth-order valence-corrected chi connectivity index (χ4v) is 5.15. The third-order valence-electron chi connectivity index (χ3n) is 7.08. The van der Waals surface area contributed by atoms with E-state index in [2.05, 4.69) is 32.7 Å². The fourth-order valence-electron chi connectivity index (χ4n) is 5.15. The van der Waals surface area contributed by atoms with Crippen LogP contribution in [-0.4, -0.2) is 34.9 Å². The average molecular weight is 521 g/mol. The van der Waals surface area contributed by atoms with Gasteiger partial charge in [-0.3, -0.25) is 9.59 Å². The molecule has 2 heterocycles. The number of anilines is 2. The molecule has 0 unspecified atom stereocenters. The molecular formula is C31H32N6O2. The van der Waals surface area contributed by atoms with E-state index in [-0.39, 0.29) is 30.4 Å².